The van der Waals surface area contributed by atoms with Gasteiger partial charge in [-0.1, -0.05) is 12.1 Å². The van der Waals surface area contributed by atoms with E-state index in [1.54, 1.807) is 56.3 Å². The van der Waals surface area contributed by atoms with Crippen LogP contribution in [0, 0.1) is 12.7 Å². The third kappa shape index (κ3) is 3.84. The number of amides is 1. The number of carbonyl (C=O) groups excluding carboxylic acids is 2. The molecule has 1 amide bonds. The Labute approximate surface area is 206 Å². The van der Waals surface area contributed by atoms with Gasteiger partial charge in [0.2, 0.25) is 0 Å². The Morgan fingerprint density at radius 2 is 1.75 bits per heavy atom. The monoisotopic (exact) mass is 489 g/mol. The van der Waals surface area contributed by atoms with E-state index in [0.29, 0.717) is 50.6 Å². The van der Waals surface area contributed by atoms with Crippen LogP contribution in [0.1, 0.15) is 45.4 Å². The van der Waals surface area contributed by atoms with Gasteiger partial charge in [0.15, 0.2) is 23.0 Å². The van der Waals surface area contributed by atoms with E-state index in [9.17, 15) is 14.0 Å². The van der Waals surface area contributed by atoms with Crippen molar-refractivity contribution < 1.29 is 32.6 Å². The van der Waals surface area contributed by atoms with Crippen molar-refractivity contribution in [2.45, 2.75) is 25.9 Å². The second kappa shape index (κ2) is 8.71. The molecule has 4 aromatic rings. The lowest BCUT2D eigenvalue weighted by atomic mass is 9.84. The van der Waals surface area contributed by atoms with Crippen LogP contribution in [-0.2, 0) is 5.60 Å². The molecule has 1 aliphatic heterocycles. The van der Waals surface area contributed by atoms with Gasteiger partial charge in [0.1, 0.15) is 22.8 Å². The van der Waals surface area contributed by atoms with Gasteiger partial charge in [-0.15, -0.1) is 0 Å². The maximum atomic E-state index is 13.4. The Balaban J connectivity index is 1.50. The number of rotatable bonds is 5. The summed E-state index contributed by atoms with van der Waals surface area (Å²) in [6.45, 7) is 3.53. The Bertz CT molecular complexity index is 1510. The highest BCUT2D eigenvalue weighted by Crippen LogP contribution is 2.44. The highest BCUT2D eigenvalue weighted by molar-refractivity contribution is 6.14. The van der Waals surface area contributed by atoms with Gasteiger partial charge in [-0.05, 0) is 55.8 Å². The van der Waals surface area contributed by atoms with Crippen LogP contribution in [0.3, 0.4) is 0 Å². The second-order valence-corrected chi connectivity index (χ2v) is 8.83. The second-order valence-electron chi connectivity index (χ2n) is 8.83. The van der Waals surface area contributed by atoms with Crippen LogP contribution in [0.5, 0.6) is 17.2 Å². The summed E-state index contributed by atoms with van der Waals surface area (Å²) in [5, 5.41) is 3.34. The van der Waals surface area contributed by atoms with Crippen molar-refractivity contribution in [2.75, 3.05) is 19.5 Å². The smallest absolute Gasteiger partial charge is 0.291 e. The van der Waals surface area contributed by atoms with Crippen molar-refractivity contribution in [3.8, 4) is 17.2 Å². The van der Waals surface area contributed by atoms with Crippen LogP contribution in [0.4, 0.5) is 10.1 Å². The first kappa shape index (κ1) is 23.4. The molecule has 1 atom stereocenters. The number of Topliss-reactive ketones (excluding diaryl/α,β-unsaturated/α-hetero) is 1. The molecular formula is C28H24FNO6. The van der Waals surface area contributed by atoms with Crippen LogP contribution >= 0.6 is 0 Å². The molecule has 36 heavy (non-hydrogen) atoms. The minimum absolute atomic E-state index is 0.0581. The maximum Gasteiger partial charge on any atom is 0.291 e. The number of fused-ring (bicyclic) bond motifs is 3. The zero-order valence-corrected chi connectivity index (χ0v) is 20.2. The first-order valence-electron chi connectivity index (χ1n) is 11.3. The fraction of sp³-hybridized carbons (Fsp3) is 0.214. The number of benzene rings is 3. The van der Waals surface area contributed by atoms with Crippen molar-refractivity contribution in [2.24, 2.45) is 0 Å². The Hall–Kier alpha value is -4.33. The molecule has 184 valence electrons. The van der Waals surface area contributed by atoms with E-state index in [-0.39, 0.29) is 23.8 Å². The fourth-order valence-electron chi connectivity index (χ4n) is 4.64. The summed E-state index contributed by atoms with van der Waals surface area (Å²) in [5.41, 5.74) is 1.55. The van der Waals surface area contributed by atoms with Crippen molar-refractivity contribution >= 4 is 28.3 Å². The molecule has 0 radical (unpaired) electrons. The molecule has 1 aliphatic rings. The fourth-order valence-corrected chi connectivity index (χ4v) is 4.64. The molecule has 1 aromatic heterocycles. The van der Waals surface area contributed by atoms with E-state index < -0.39 is 11.5 Å². The Morgan fingerprint density at radius 3 is 2.44 bits per heavy atom. The van der Waals surface area contributed by atoms with Crippen molar-refractivity contribution in [1.29, 1.82) is 0 Å². The standard InChI is InChI=1S/C28H24FNO6/c1-15-24-21(35-26(15)27(32)30-18-9-10-20(33-3)23(13-18)34-4)11-12-22-25(24)19(31)14-28(2,36-22)16-5-7-17(29)8-6-16/h5-13H,14H2,1-4H3,(H,30,32)/t28-/m1/s1. The topological polar surface area (TPSA) is 87.0 Å². The molecule has 0 unspecified atom stereocenters. The van der Waals surface area contributed by atoms with Crippen LogP contribution in [0.15, 0.2) is 59.0 Å². The van der Waals surface area contributed by atoms with E-state index >= 15 is 0 Å². The molecule has 5 rings (SSSR count). The van der Waals surface area contributed by atoms with Crippen LogP contribution in [0.2, 0.25) is 0 Å². The SMILES string of the molecule is COc1ccc(NC(=O)c2oc3ccc4c(c3c2C)C(=O)C[C@](C)(c2ccc(F)cc2)O4)cc1OC. The highest BCUT2D eigenvalue weighted by atomic mass is 19.1. The largest absolute Gasteiger partial charge is 0.493 e. The minimum atomic E-state index is -0.948. The minimum Gasteiger partial charge on any atom is -0.493 e. The number of hydrogen-bond donors (Lipinski definition) is 1. The summed E-state index contributed by atoms with van der Waals surface area (Å²) in [5.74, 6) is 0.508. The number of carbonyl (C=O) groups is 2. The normalized spacial score (nSPS) is 16.9. The Kier molecular flexibility index (Phi) is 5.67. The maximum absolute atomic E-state index is 13.4. The highest BCUT2D eigenvalue weighted by Gasteiger charge is 2.40. The molecule has 0 bridgehead atoms. The van der Waals surface area contributed by atoms with E-state index in [2.05, 4.69) is 5.32 Å². The molecule has 0 saturated carbocycles. The number of furan rings is 1. The van der Waals surface area contributed by atoms with Gasteiger partial charge in [-0.25, -0.2) is 4.39 Å². The molecule has 0 spiro atoms. The summed E-state index contributed by atoms with van der Waals surface area (Å²) >= 11 is 0. The van der Waals surface area contributed by atoms with Crippen molar-refractivity contribution in [1.82, 2.24) is 0 Å². The average molecular weight is 489 g/mol. The van der Waals surface area contributed by atoms with Gasteiger partial charge >= 0.3 is 0 Å². The van der Waals surface area contributed by atoms with Gasteiger partial charge in [-0.2, -0.15) is 0 Å². The molecule has 2 heterocycles. The summed E-state index contributed by atoms with van der Waals surface area (Å²) in [4.78, 5) is 26.5. The lowest BCUT2D eigenvalue weighted by Gasteiger charge is -2.35. The summed E-state index contributed by atoms with van der Waals surface area (Å²) in [7, 11) is 3.04. The number of nitrogens with one attached hydrogen (secondary N) is 1. The molecule has 1 N–H and O–H groups in total. The van der Waals surface area contributed by atoms with Gasteiger partial charge in [0.25, 0.3) is 5.91 Å². The molecule has 7 nitrogen and oxygen atoms in total. The van der Waals surface area contributed by atoms with Crippen molar-refractivity contribution in [3.63, 3.8) is 0 Å². The summed E-state index contributed by atoms with van der Waals surface area (Å²) in [6.07, 6.45) is 0.0581. The van der Waals surface area contributed by atoms with Gasteiger partial charge in [-0.3, -0.25) is 9.59 Å². The third-order valence-electron chi connectivity index (χ3n) is 6.47. The molecule has 8 heteroatoms. The molecular weight excluding hydrogens is 465 g/mol. The first-order valence-corrected chi connectivity index (χ1v) is 11.3. The first-order chi connectivity index (χ1) is 17.2. The number of ketones is 1. The van der Waals surface area contributed by atoms with Crippen molar-refractivity contribution in [3.05, 3.63) is 82.9 Å². The van der Waals surface area contributed by atoms with Crippen LogP contribution < -0.4 is 19.5 Å². The quantitative estimate of drug-likeness (QED) is 0.368. The zero-order chi connectivity index (χ0) is 25.6. The van der Waals surface area contributed by atoms with E-state index in [0.717, 1.165) is 0 Å². The lowest BCUT2D eigenvalue weighted by molar-refractivity contribution is 0.0507. The number of methoxy groups -OCH3 is 2. The van der Waals surface area contributed by atoms with Gasteiger partial charge < -0.3 is 23.9 Å². The van der Waals surface area contributed by atoms with Gasteiger partial charge in [0.05, 0.1) is 26.2 Å². The predicted octanol–water partition coefficient (Wildman–Crippen LogP) is 6.03. The summed E-state index contributed by atoms with van der Waals surface area (Å²) < 4.78 is 36.1. The summed E-state index contributed by atoms with van der Waals surface area (Å²) in [6, 6.07) is 14.3. The van der Waals surface area contributed by atoms with E-state index in [1.165, 1.54) is 26.4 Å². The zero-order valence-electron chi connectivity index (χ0n) is 20.2. The predicted molar refractivity (Wildman–Crippen MR) is 132 cm³/mol. The number of aryl methyl sites for hydroxylation is 1. The number of hydrogen-bond acceptors (Lipinski definition) is 6. The number of halogens is 1. The lowest BCUT2D eigenvalue weighted by Crippen LogP contribution is -2.36. The molecule has 0 fully saturated rings. The van der Waals surface area contributed by atoms with E-state index in [4.69, 9.17) is 18.6 Å². The molecule has 0 aliphatic carbocycles. The average Bonchev–Trinajstić information content (AvgIpc) is 3.20. The molecule has 0 saturated heterocycles. The molecule has 3 aromatic carbocycles. The van der Waals surface area contributed by atoms with Crippen LogP contribution in [0.25, 0.3) is 11.0 Å². The van der Waals surface area contributed by atoms with Crippen LogP contribution in [-0.4, -0.2) is 25.9 Å². The Morgan fingerprint density at radius 1 is 1.03 bits per heavy atom. The third-order valence-corrected chi connectivity index (χ3v) is 6.47. The van der Waals surface area contributed by atoms with E-state index in [1.807, 2.05) is 0 Å². The van der Waals surface area contributed by atoms with Gasteiger partial charge in [0, 0.05) is 22.7 Å². The number of anilines is 1. The number of ether oxygens (including phenoxy) is 3.